The standard InChI is InChI=1S/C43H53N9O6S/c1-9-37(53)46-32-17-29(18-36(59(56,57)25(2)3)38(32)50-13-12-49(21-26(50)4)30-23-58-24-30)45-39-42(55)48(8)22-33(47-39)31-10-11-44-40(27(31)5)52-15-14-51-34(41(52)54)16-28-19-43(6,7)20-35(28)51/h9-11,16-18,22,25-26,30H,1,12-15,19-21,23-24H2,2-8H3,(H,45,47)(H,46,53). The Hall–Kier alpha value is -5.32. The van der Waals surface area contributed by atoms with E-state index in [4.69, 9.17) is 9.72 Å². The van der Waals surface area contributed by atoms with Crippen LogP contribution in [0.1, 0.15) is 61.9 Å². The van der Waals surface area contributed by atoms with Gasteiger partial charge in [0.05, 0.1) is 46.5 Å². The molecule has 1 aromatic carbocycles. The number of aryl methyl sites for hydroxylation is 1. The van der Waals surface area contributed by atoms with Crippen LogP contribution in [-0.2, 0) is 45.8 Å². The van der Waals surface area contributed by atoms with Crippen LogP contribution < -0.4 is 26.0 Å². The fourth-order valence-electron chi connectivity index (χ4n) is 8.95. The highest BCUT2D eigenvalue weighted by atomic mass is 32.2. The summed E-state index contributed by atoms with van der Waals surface area (Å²) in [5, 5.41) is 5.19. The van der Waals surface area contributed by atoms with E-state index in [1.165, 1.54) is 21.9 Å². The Balaban J connectivity index is 1.16. The van der Waals surface area contributed by atoms with E-state index in [1.54, 1.807) is 50.3 Å². The Morgan fingerprint density at radius 1 is 1.08 bits per heavy atom. The first-order chi connectivity index (χ1) is 28.0. The summed E-state index contributed by atoms with van der Waals surface area (Å²) < 4.78 is 37.4. The summed E-state index contributed by atoms with van der Waals surface area (Å²) in [6.07, 6.45) is 6.27. The number of rotatable bonds is 10. The van der Waals surface area contributed by atoms with Crippen LogP contribution in [0.5, 0.6) is 0 Å². The maximum atomic E-state index is 14.2. The summed E-state index contributed by atoms with van der Waals surface area (Å²) in [5.41, 5.74) is 5.61. The number of benzene rings is 1. The molecule has 59 heavy (non-hydrogen) atoms. The van der Waals surface area contributed by atoms with Crippen molar-refractivity contribution in [2.75, 3.05) is 59.8 Å². The zero-order valence-electron chi connectivity index (χ0n) is 34.8. The van der Waals surface area contributed by atoms with Gasteiger partial charge in [-0.25, -0.2) is 18.4 Å². The summed E-state index contributed by atoms with van der Waals surface area (Å²) in [7, 11) is -2.32. The van der Waals surface area contributed by atoms with Gasteiger partial charge < -0.3 is 29.4 Å². The molecule has 0 bridgehead atoms. The molecule has 3 aromatic heterocycles. The van der Waals surface area contributed by atoms with Crippen molar-refractivity contribution in [1.82, 2.24) is 24.0 Å². The normalized spacial score (nSPS) is 19.4. The molecule has 15 nitrogen and oxygen atoms in total. The van der Waals surface area contributed by atoms with Crippen LogP contribution in [0.25, 0.3) is 11.3 Å². The summed E-state index contributed by atoms with van der Waals surface area (Å²) >= 11 is 0. The summed E-state index contributed by atoms with van der Waals surface area (Å²) in [5.74, 6) is -0.157. The number of carbonyl (C=O) groups excluding carboxylic acids is 2. The molecule has 2 N–H and O–H groups in total. The molecule has 2 saturated heterocycles. The van der Waals surface area contributed by atoms with Crippen molar-refractivity contribution in [3.8, 4) is 11.3 Å². The molecule has 1 unspecified atom stereocenters. The zero-order chi connectivity index (χ0) is 42.1. The van der Waals surface area contributed by atoms with Crippen molar-refractivity contribution >= 4 is 50.3 Å². The minimum absolute atomic E-state index is 0.0259. The van der Waals surface area contributed by atoms with Crippen LogP contribution in [0.4, 0.5) is 28.7 Å². The Bertz CT molecular complexity index is 2560. The molecule has 16 heteroatoms. The van der Waals surface area contributed by atoms with Crippen molar-refractivity contribution in [2.45, 2.75) is 83.2 Å². The number of aromatic nitrogens is 4. The molecule has 1 atom stereocenters. The number of sulfone groups is 1. The molecule has 6 heterocycles. The van der Waals surface area contributed by atoms with E-state index < -0.39 is 26.6 Å². The van der Waals surface area contributed by atoms with Crippen molar-refractivity contribution in [2.24, 2.45) is 12.5 Å². The number of pyridine rings is 1. The maximum absolute atomic E-state index is 14.2. The van der Waals surface area contributed by atoms with Crippen LogP contribution >= 0.6 is 0 Å². The minimum Gasteiger partial charge on any atom is -0.378 e. The van der Waals surface area contributed by atoms with Crippen LogP contribution in [0.15, 0.2) is 59.0 Å². The number of ether oxygens (including phenoxy) is 1. The molecule has 0 spiro atoms. The summed E-state index contributed by atoms with van der Waals surface area (Å²) in [4.78, 5) is 56.2. The lowest BCUT2D eigenvalue weighted by Gasteiger charge is -2.47. The van der Waals surface area contributed by atoms with E-state index in [1.807, 2.05) is 24.8 Å². The third-order valence-corrected chi connectivity index (χ3v) is 14.4. The van der Waals surface area contributed by atoms with Crippen LogP contribution in [0, 0.1) is 12.3 Å². The van der Waals surface area contributed by atoms with Crippen LogP contribution in [0.3, 0.4) is 0 Å². The van der Waals surface area contributed by atoms with E-state index >= 15 is 0 Å². The second-order valence-electron chi connectivity index (χ2n) is 17.3. The number of anilines is 5. The van der Waals surface area contributed by atoms with Gasteiger partial charge >= 0.3 is 0 Å². The lowest BCUT2D eigenvalue weighted by Crippen LogP contribution is -2.59. The third-order valence-electron chi connectivity index (χ3n) is 12.2. The molecule has 2 fully saturated rings. The summed E-state index contributed by atoms with van der Waals surface area (Å²) in [6.45, 7) is 19.7. The Labute approximate surface area is 345 Å². The topological polar surface area (TPSA) is 164 Å². The highest BCUT2D eigenvalue weighted by Crippen LogP contribution is 2.42. The quantitative estimate of drug-likeness (QED) is 0.213. The second-order valence-corrected chi connectivity index (χ2v) is 19.8. The molecular formula is C43H53N9O6S. The van der Waals surface area contributed by atoms with E-state index in [2.05, 4.69) is 45.5 Å². The monoisotopic (exact) mass is 823 g/mol. The molecule has 312 valence electrons. The van der Waals surface area contributed by atoms with Gasteiger partial charge in [0.1, 0.15) is 11.5 Å². The molecule has 2 amide bonds. The molecule has 0 radical (unpaired) electrons. The molecule has 3 aliphatic heterocycles. The highest BCUT2D eigenvalue weighted by molar-refractivity contribution is 7.92. The Morgan fingerprint density at radius 3 is 2.53 bits per heavy atom. The first-order valence-electron chi connectivity index (χ1n) is 20.2. The summed E-state index contributed by atoms with van der Waals surface area (Å²) in [6, 6.07) is 7.22. The SMILES string of the molecule is C=CC(=O)Nc1cc(Nc2nc(-c3ccnc(N4CCn5c(cc6c5CC(C)(C)C6)C4=O)c3C)cn(C)c2=O)cc(S(=O)(=O)C(C)C)c1N1CCN(C2COC2)CC1C. The third kappa shape index (κ3) is 7.24. The van der Waals surface area contributed by atoms with Gasteiger partial charge in [0.2, 0.25) is 5.91 Å². The maximum Gasteiger partial charge on any atom is 0.293 e. The van der Waals surface area contributed by atoms with Gasteiger partial charge in [-0.15, -0.1) is 0 Å². The Morgan fingerprint density at radius 2 is 1.85 bits per heavy atom. The van der Waals surface area contributed by atoms with Gasteiger partial charge in [-0.3, -0.25) is 24.2 Å². The number of fused-ring (bicyclic) bond motifs is 3. The zero-order valence-corrected chi connectivity index (χ0v) is 35.6. The minimum atomic E-state index is -3.94. The predicted molar refractivity (Wildman–Crippen MR) is 229 cm³/mol. The largest absolute Gasteiger partial charge is 0.378 e. The van der Waals surface area contributed by atoms with Gasteiger partial charge in [-0.05, 0) is 81.9 Å². The van der Waals surface area contributed by atoms with Crippen molar-refractivity contribution in [3.63, 3.8) is 0 Å². The predicted octanol–water partition coefficient (Wildman–Crippen LogP) is 4.70. The number of nitrogens with one attached hydrogen (secondary N) is 2. The fourth-order valence-corrected chi connectivity index (χ4v) is 10.2. The molecule has 0 saturated carbocycles. The lowest BCUT2D eigenvalue weighted by atomic mass is 9.90. The van der Waals surface area contributed by atoms with Gasteiger partial charge in [0.25, 0.3) is 11.5 Å². The van der Waals surface area contributed by atoms with Gasteiger partial charge in [0.15, 0.2) is 15.7 Å². The highest BCUT2D eigenvalue weighted by Gasteiger charge is 2.39. The number of hydrogen-bond acceptors (Lipinski definition) is 11. The van der Waals surface area contributed by atoms with Gasteiger partial charge in [-0.1, -0.05) is 20.4 Å². The molecule has 4 aromatic rings. The van der Waals surface area contributed by atoms with Crippen LogP contribution in [-0.4, -0.2) is 101 Å². The van der Waals surface area contributed by atoms with Crippen molar-refractivity contribution in [1.29, 1.82) is 0 Å². The first kappa shape index (κ1) is 40.5. The number of piperazine rings is 1. The first-order valence-corrected chi connectivity index (χ1v) is 21.8. The van der Waals surface area contributed by atoms with Gasteiger partial charge in [-0.2, -0.15) is 0 Å². The lowest BCUT2D eigenvalue weighted by molar-refractivity contribution is -0.111. The number of hydrogen-bond donors (Lipinski definition) is 2. The number of carbonyl (C=O) groups is 2. The van der Waals surface area contributed by atoms with Crippen LogP contribution in [0.2, 0.25) is 0 Å². The molecule has 8 rings (SSSR count). The van der Waals surface area contributed by atoms with E-state index in [0.717, 1.165) is 24.5 Å². The number of nitrogens with zero attached hydrogens (tertiary/aromatic N) is 7. The van der Waals surface area contributed by atoms with E-state index in [0.29, 0.717) is 80.4 Å². The van der Waals surface area contributed by atoms with Crippen molar-refractivity contribution in [3.05, 3.63) is 82.2 Å². The fraction of sp³-hybridized carbons (Fsp3) is 0.465. The second kappa shape index (κ2) is 15.1. The average molecular weight is 824 g/mol. The smallest absolute Gasteiger partial charge is 0.293 e. The van der Waals surface area contributed by atoms with E-state index in [-0.39, 0.29) is 39.5 Å². The molecular weight excluding hydrogens is 771 g/mol. The average Bonchev–Trinajstić information content (AvgIpc) is 3.65. The Kier molecular flexibility index (Phi) is 10.3. The van der Waals surface area contributed by atoms with Crippen molar-refractivity contribution < 1.29 is 22.7 Å². The molecule has 4 aliphatic rings. The number of amides is 2. The van der Waals surface area contributed by atoms with E-state index in [9.17, 15) is 22.8 Å². The molecule has 1 aliphatic carbocycles. The van der Waals surface area contributed by atoms with Gasteiger partial charge in [0, 0.05) is 80.7 Å².